The number of hydrogen-bond acceptors (Lipinski definition) is 5. The second-order valence-electron chi connectivity index (χ2n) is 6.99. The van der Waals surface area contributed by atoms with Crippen molar-refractivity contribution in [3.8, 4) is 0 Å². The molecule has 0 spiro atoms. The number of aromatic nitrogens is 4. The van der Waals surface area contributed by atoms with Gasteiger partial charge in [0.25, 0.3) is 0 Å². The summed E-state index contributed by atoms with van der Waals surface area (Å²) in [5, 5.41) is 18.3. The third-order valence-electron chi connectivity index (χ3n) is 3.75. The summed E-state index contributed by atoms with van der Waals surface area (Å²) in [5.41, 5.74) is 2.41. The zero-order valence-electron chi connectivity index (χ0n) is 14.5. The van der Waals surface area contributed by atoms with Gasteiger partial charge in [-0.15, -0.1) is 10.2 Å². The van der Waals surface area contributed by atoms with E-state index in [2.05, 4.69) is 66.6 Å². The van der Waals surface area contributed by atoms with Crippen molar-refractivity contribution in [2.24, 2.45) is 0 Å². The van der Waals surface area contributed by atoms with Gasteiger partial charge in [0.15, 0.2) is 0 Å². The minimum absolute atomic E-state index is 0.0292. The molecule has 0 saturated heterocycles. The van der Waals surface area contributed by atoms with Gasteiger partial charge >= 0.3 is 0 Å². The fraction of sp³-hybridized carbons (Fsp3) is 0.389. The summed E-state index contributed by atoms with van der Waals surface area (Å²) in [6, 6.07) is 10.5. The summed E-state index contributed by atoms with van der Waals surface area (Å²) in [7, 11) is 0. The van der Waals surface area contributed by atoms with Crippen LogP contribution in [0.5, 0.6) is 0 Å². The Hall–Kier alpha value is -2.21. The first-order valence-electron chi connectivity index (χ1n) is 8.08. The fourth-order valence-corrected chi connectivity index (χ4v) is 3.20. The molecule has 2 heterocycles. The maximum Gasteiger partial charge on any atom is 0.206 e. The molecule has 0 saturated carbocycles. The van der Waals surface area contributed by atoms with E-state index in [1.54, 1.807) is 11.3 Å². The molecule has 0 bridgehead atoms. The molecule has 1 unspecified atom stereocenters. The highest BCUT2D eigenvalue weighted by molar-refractivity contribution is 7.15. The predicted octanol–water partition coefficient (Wildman–Crippen LogP) is 4.25. The zero-order valence-corrected chi connectivity index (χ0v) is 15.3. The first kappa shape index (κ1) is 16.6. The van der Waals surface area contributed by atoms with Crippen molar-refractivity contribution in [3.05, 3.63) is 58.9 Å². The molecular formula is C18H23N5S. The van der Waals surface area contributed by atoms with Crippen LogP contribution in [0.15, 0.2) is 42.7 Å². The minimum Gasteiger partial charge on any atom is -0.353 e. The largest absolute Gasteiger partial charge is 0.353 e. The molecule has 3 rings (SSSR count). The maximum absolute atomic E-state index is 4.46. The third kappa shape index (κ3) is 4.00. The topological polar surface area (TPSA) is 55.6 Å². The lowest BCUT2D eigenvalue weighted by Crippen LogP contribution is -2.10. The minimum atomic E-state index is 0.0292. The van der Waals surface area contributed by atoms with Crippen LogP contribution in [0.4, 0.5) is 5.13 Å². The number of hydrogen-bond donors (Lipinski definition) is 1. The second-order valence-corrected chi connectivity index (χ2v) is 7.96. The smallest absolute Gasteiger partial charge is 0.206 e. The lowest BCUT2D eigenvalue weighted by atomic mass is 9.98. The summed E-state index contributed by atoms with van der Waals surface area (Å²) < 4.78 is 1.96. The van der Waals surface area contributed by atoms with Gasteiger partial charge in [0.05, 0.1) is 18.8 Å². The van der Waals surface area contributed by atoms with E-state index in [1.807, 2.05) is 29.1 Å². The molecule has 1 N–H and O–H groups in total. The summed E-state index contributed by atoms with van der Waals surface area (Å²) >= 11 is 1.61. The number of anilines is 1. The van der Waals surface area contributed by atoms with Crippen LogP contribution in [0.25, 0.3) is 0 Å². The molecule has 0 aliphatic heterocycles. The van der Waals surface area contributed by atoms with Crippen molar-refractivity contribution in [1.29, 1.82) is 0 Å². The molecule has 3 aromatic rings. The highest BCUT2D eigenvalue weighted by atomic mass is 32.1. The van der Waals surface area contributed by atoms with Crippen molar-refractivity contribution in [1.82, 2.24) is 20.0 Å². The van der Waals surface area contributed by atoms with E-state index in [0.717, 1.165) is 22.2 Å². The Morgan fingerprint density at radius 3 is 2.58 bits per heavy atom. The van der Waals surface area contributed by atoms with Gasteiger partial charge in [-0.1, -0.05) is 62.4 Å². The van der Waals surface area contributed by atoms with Crippen LogP contribution in [0.1, 0.15) is 49.9 Å². The molecule has 2 aromatic heterocycles. The van der Waals surface area contributed by atoms with E-state index in [4.69, 9.17) is 0 Å². The summed E-state index contributed by atoms with van der Waals surface area (Å²) in [5.74, 6) is 0. The van der Waals surface area contributed by atoms with E-state index < -0.39 is 0 Å². The van der Waals surface area contributed by atoms with Gasteiger partial charge in [-0.05, 0) is 12.5 Å². The first-order valence-corrected chi connectivity index (χ1v) is 8.90. The molecule has 0 radical (unpaired) electrons. The molecule has 0 amide bonds. The maximum atomic E-state index is 4.46. The Morgan fingerprint density at radius 1 is 1.17 bits per heavy atom. The van der Waals surface area contributed by atoms with Crippen molar-refractivity contribution in [2.75, 3.05) is 5.32 Å². The predicted molar refractivity (Wildman–Crippen MR) is 98.4 cm³/mol. The molecule has 0 fully saturated rings. The Balaban J connectivity index is 1.65. The van der Waals surface area contributed by atoms with Crippen molar-refractivity contribution >= 4 is 16.5 Å². The second kappa shape index (κ2) is 6.73. The SMILES string of the molecule is CC(Nc1nnc(C(C)(C)C)s1)c1cnn(Cc2ccccc2)c1. The number of rotatable bonds is 5. The lowest BCUT2D eigenvalue weighted by molar-refractivity contribution is 0.578. The van der Waals surface area contributed by atoms with Gasteiger partial charge in [-0.3, -0.25) is 4.68 Å². The Labute approximate surface area is 146 Å². The molecule has 5 nitrogen and oxygen atoms in total. The zero-order chi connectivity index (χ0) is 17.2. The van der Waals surface area contributed by atoms with Crippen LogP contribution in [0.3, 0.4) is 0 Å². The molecule has 0 aliphatic carbocycles. The molecule has 126 valence electrons. The van der Waals surface area contributed by atoms with Crippen LogP contribution >= 0.6 is 11.3 Å². The van der Waals surface area contributed by atoms with Gasteiger partial charge < -0.3 is 5.32 Å². The average Bonchev–Trinajstić information content (AvgIpc) is 3.17. The summed E-state index contributed by atoms with van der Waals surface area (Å²) in [6.07, 6.45) is 3.99. The highest BCUT2D eigenvalue weighted by Gasteiger charge is 2.20. The molecule has 0 aliphatic rings. The van der Waals surface area contributed by atoms with Crippen molar-refractivity contribution in [2.45, 2.75) is 45.7 Å². The number of nitrogens with zero attached hydrogens (tertiary/aromatic N) is 4. The Kier molecular flexibility index (Phi) is 4.66. The Morgan fingerprint density at radius 2 is 1.92 bits per heavy atom. The molecule has 24 heavy (non-hydrogen) atoms. The highest BCUT2D eigenvalue weighted by Crippen LogP contribution is 2.29. The number of benzene rings is 1. The first-order chi connectivity index (χ1) is 11.4. The third-order valence-corrected chi connectivity index (χ3v) is 5.03. The quantitative estimate of drug-likeness (QED) is 0.753. The van der Waals surface area contributed by atoms with Crippen molar-refractivity contribution < 1.29 is 0 Å². The van der Waals surface area contributed by atoms with Gasteiger partial charge in [-0.25, -0.2) is 0 Å². The van der Waals surface area contributed by atoms with Crippen LogP contribution < -0.4 is 5.32 Å². The van der Waals surface area contributed by atoms with Gasteiger partial charge in [0.2, 0.25) is 5.13 Å². The normalized spacial score (nSPS) is 13.0. The van der Waals surface area contributed by atoms with E-state index in [0.29, 0.717) is 0 Å². The number of nitrogens with one attached hydrogen (secondary N) is 1. The summed E-state index contributed by atoms with van der Waals surface area (Å²) in [4.78, 5) is 0. The van der Waals surface area contributed by atoms with Crippen LogP contribution in [0, 0.1) is 0 Å². The standard InChI is InChI=1S/C18H23N5S/c1-13(20-17-22-21-16(24-17)18(2,3)4)15-10-19-23(12-15)11-14-8-6-5-7-9-14/h5-10,12-13H,11H2,1-4H3,(H,20,22). The van der Waals surface area contributed by atoms with Gasteiger partial charge in [0.1, 0.15) is 5.01 Å². The van der Waals surface area contributed by atoms with E-state index in [1.165, 1.54) is 5.56 Å². The van der Waals surface area contributed by atoms with E-state index in [9.17, 15) is 0 Å². The average molecular weight is 341 g/mol. The van der Waals surface area contributed by atoms with Crippen molar-refractivity contribution in [3.63, 3.8) is 0 Å². The van der Waals surface area contributed by atoms with Crippen LogP contribution in [-0.4, -0.2) is 20.0 Å². The van der Waals surface area contributed by atoms with Crippen LogP contribution in [0.2, 0.25) is 0 Å². The van der Waals surface area contributed by atoms with E-state index >= 15 is 0 Å². The molecule has 1 atom stereocenters. The monoisotopic (exact) mass is 341 g/mol. The lowest BCUT2D eigenvalue weighted by Gasteiger charge is -2.13. The molecular weight excluding hydrogens is 318 g/mol. The molecule has 1 aromatic carbocycles. The van der Waals surface area contributed by atoms with Gasteiger partial charge in [0, 0.05) is 17.2 Å². The fourth-order valence-electron chi connectivity index (χ4n) is 2.31. The molecule has 6 heteroatoms. The Bertz CT molecular complexity index is 785. The van der Waals surface area contributed by atoms with Crippen LogP contribution in [-0.2, 0) is 12.0 Å². The summed E-state index contributed by atoms with van der Waals surface area (Å²) in [6.45, 7) is 9.33. The van der Waals surface area contributed by atoms with Gasteiger partial charge in [-0.2, -0.15) is 5.10 Å². The van der Waals surface area contributed by atoms with E-state index in [-0.39, 0.29) is 11.5 Å².